The zero-order chi connectivity index (χ0) is 28.3. The number of hydrogen-bond donors (Lipinski definition) is 1. The molecular weight excluding hydrogens is 536 g/mol. The van der Waals surface area contributed by atoms with E-state index in [1.165, 1.54) is 25.2 Å². The predicted molar refractivity (Wildman–Crippen MR) is 152 cm³/mol. The summed E-state index contributed by atoms with van der Waals surface area (Å²) in [5, 5.41) is 8.48. The summed E-state index contributed by atoms with van der Waals surface area (Å²) in [7, 11) is -3.45. The molecule has 1 aromatic heterocycles. The van der Waals surface area contributed by atoms with E-state index in [1.54, 1.807) is 22.9 Å². The molecule has 1 N–H and O–H groups in total. The van der Waals surface area contributed by atoms with Crippen molar-refractivity contribution in [2.75, 3.05) is 47.6 Å². The van der Waals surface area contributed by atoms with Crippen molar-refractivity contribution in [3.05, 3.63) is 42.1 Å². The average molecular weight is 572 g/mol. The van der Waals surface area contributed by atoms with Crippen LogP contribution >= 0.6 is 0 Å². The molecule has 0 radical (unpaired) electrons. The van der Waals surface area contributed by atoms with Gasteiger partial charge in [-0.2, -0.15) is 5.10 Å². The van der Waals surface area contributed by atoms with Gasteiger partial charge in [-0.1, -0.05) is 0 Å². The van der Waals surface area contributed by atoms with Gasteiger partial charge in [-0.15, -0.1) is 0 Å². The molecule has 214 valence electrons. The molecule has 8 nitrogen and oxygen atoms in total. The van der Waals surface area contributed by atoms with Crippen molar-refractivity contribution in [3.63, 3.8) is 0 Å². The number of rotatable bonds is 6. The van der Waals surface area contributed by atoms with Crippen LogP contribution in [0.3, 0.4) is 0 Å². The topological polar surface area (TPSA) is 87.5 Å². The second-order valence-corrected chi connectivity index (χ2v) is 13.7. The number of amides is 1. The smallest absolute Gasteiger partial charge is 0.257 e. The molecule has 1 aliphatic carbocycles. The molecule has 0 bridgehead atoms. The van der Waals surface area contributed by atoms with Gasteiger partial charge in [0.1, 0.15) is 5.52 Å². The number of halogens is 2. The van der Waals surface area contributed by atoms with Crippen molar-refractivity contribution in [1.29, 1.82) is 0 Å². The second-order valence-electron chi connectivity index (χ2n) is 11.7. The van der Waals surface area contributed by atoms with Crippen LogP contribution in [0.5, 0.6) is 0 Å². The highest BCUT2D eigenvalue weighted by Gasteiger charge is 2.44. The van der Waals surface area contributed by atoms with E-state index < -0.39 is 15.8 Å². The lowest BCUT2D eigenvalue weighted by Crippen LogP contribution is -2.39. The molecule has 3 heterocycles. The fraction of sp³-hybridized carbons (Fsp3) is 0.517. The van der Waals surface area contributed by atoms with Gasteiger partial charge in [0.2, 0.25) is 0 Å². The van der Waals surface area contributed by atoms with Gasteiger partial charge in [-0.25, -0.2) is 17.2 Å². The number of benzene rings is 2. The molecule has 1 spiro atoms. The Kier molecular flexibility index (Phi) is 6.55. The molecule has 1 saturated carbocycles. The summed E-state index contributed by atoms with van der Waals surface area (Å²) < 4.78 is 54.3. The summed E-state index contributed by atoms with van der Waals surface area (Å²) in [6.07, 6.45) is 7.16. The molecule has 0 atom stereocenters. The molecule has 6 rings (SSSR count). The van der Waals surface area contributed by atoms with Crippen LogP contribution in [0.4, 0.5) is 25.8 Å². The maximum absolute atomic E-state index is 13.9. The molecule has 3 fully saturated rings. The van der Waals surface area contributed by atoms with E-state index in [0.717, 1.165) is 31.3 Å². The molecule has 2 saturated heterocycles. The quantitative estimate of drug-likeness (QED) is 0.431. The standard InChI is InChI=1S/C29H35F2N5O3S/c1-3-36-19-20-16-21(17-25(26(20)33-36)35-14-10-29(30,31)11-15-35)32-27(37)23-5-4-22(40(2,38)39)18-24(23)34-12-8-28(6-7-28)9-13-34/h4-5,16-19H,3,6-15H2,1-2H3,(H,32,37). The Labute approximate surface area is 233 Å². The summed E-state index contributed by atoms with van der Waals surface area (Å²) in [5.74, 6) is -3.02. The first-order chi connectivity index (χ1) is 19.0. The van der Waals surface area contributed by atoms with Crippen LogP contribution in [-0.2, 0) is 16.4 Å². The summed E-state index contributed by atoms with van der Waals surface area (Å²) in [6.45, 7) is 4.58. The number of piperidine rings is 2. The lowest BCUT2D eigenvalue weighted by Gasteiger charge is -2.35. The average Bonchev–Trinajstić information content (AvgIpc) is 3.53. The van der Waals surface area contributed by atoms with E-state index in [2.05, 4.69) is 15.3 Å². The highest BCUT2D eigenvalue weighted by molar-refractivity contribution is 7.90. The lowest BCUT2D eigenvalue weighted by molar-refractivity contribution is -0.0220. The number of aryl methyl sites for hydroxylation is 1. The van der Waals surface area contributed by atoms with E-state index in [9.17, 15) is 22.0 Å². The van der Waals surface area contributed by atoms with Gasteiger partial charge in [0.25, 0.3) is 11.8 Å². The van der Waals surface area contributed by atoms with Crippen LogP contribution < -0.4 is 15.1 Å². The minimum atomic E-state index is -3.45. The van der Waals surface area contributed by atoms with E-state index in [1.807, 2.05) is 24.1 Å². The van der Waals surface area contributed by atoms with Crippen LogP contribution in [0.1, 0.15) is 55.8 Å². The van der Waals surface area contributed by atoms with Crippen LogP contribution in [-0.4, -0.2) is 62.5 Å². The summed E-state index contributed by atoms with van der Waals surface area (Å²) in [5.41, 5.74) is 3.42. The number of anilines is 3. The maximum atomic E-state index is 13.9. The van der Waals surface area contributed by atoms with E-state index in [4.69, 9.17) is 0 Å². The van der Waals surface area contributed by atoms with Crippen LogP contribution in [0.15, 0.2) is 41.4 Å². The number of sulfone groups is 1. The number of carbonyl (C=O) groups excluding carboxylic acids is 1. The van der Waals surface area contributed by atoms with Gasteiger partial charge in [-0.05, 0) is 68.4 Å². The van der Waals surface area contributed by atoms with E-state index in [-0.39, 0.29) is 36.7 Å². The second kappa shape index (κ2) is 9.71. The molecule has 3 aromatic rings. The highest BCUT2D eigenvalue weighted by atomic mass is 32.2. The number of aromatic nitrogens is 2. The Morgan fingerprint density at radius 2 is 1.60 bits per heavy atom. The van der Waals surface area contributed by atoms with Gasteiger partial charge < -0.3 is 15.1 Å². The number of fused-ring (bicyclic) bond motifs is 1. The Morgan fingerprint density at radius 3 is 2.23 bits per heavy atom. The van der Waals surface area contributed by atoms with Crippen molar-refractivity contribution >= 4 is 43.7 Å². The van der Waals surface area contributed by atoms with E-state index in [0.29, 0.717) is 40.1 Å². The molecule has 11 heteroatoms. The lowest BCUT2D eigenvalue weighted by atomic mass is 9.93. The summed E-state index contributed by atoms with van der Waals surface area (Å²) in [4.78, 5) is 18.0. The van der Waals surface area contributed by atoms with Crippen LogP contribution in [0, 0.1) is 5.41 Å². The molecule has 0 unspecified atom stereocenters. The highest BCUT2D eigenvalue weighted by Crippen LogP contribution is 2.54. The van der Waals surface area contributed by atoms with Crippen molar-refractivity contribution < 1.29 is 22.0 Å². The molecule has 40 heavy (non-hydrogen) atoms. The fourth-order valence-electron chi connectivity index (χ4n) is 6.01. The number of nitrogens with one attached hydrogen (secondary N) is 1. The van der Waals surface area contributed by atoms with Gasteiger partial charge in [0.05, 0.1) is 21.8 Å². The Balaban J connectivity index is 1.33. The first-order valence-electron chi connectivity index (χ1n) is 14.0. The predicted octanol–water partition coefficient (Wildman–Crippen LogP) is 5.33. The van der Waals surface area contributed by atoms with Gasteiger partial charge in [0, 0.05) is 69.1 Å². The van der Waals surface area contributed by atoms with Gasteiger partial charge in [0.15, 0.2) is 9.84 Å². The molecule has 2 aromatic carbocycles. The third-order valence-electron chi connectivity index (χ3n) is 8.82. The molecule has 3 aliphatic rings. The minimum Gasteiger partial charge on any atom is -0.371 e. The minimum absolute atomic E-state index is 0.184. The van der Waals surface area contributed by atoms with Crippen molar-refractivity contribution in [3.8, 4) is 0 Å². The molecule has 2 aliphatic heterocycles. The van der Waals surface area contributed by atoms with Crippen molar-refractivity contribution in [2.24, 2.45) is 5.41 Å². The SMILES string of the molecule is CCn1cc2cc(NC(=O)c3ccc(S(C)(=O)=O)cc3N3CCC4(CC3)CC4)cc(N3CCC(F)(F)CC3)c2n1. The van der Waals surface area contributed by atoms with Gasteiger partial charge in [-0.3, -0.25) is 9.48 Å². The summed E-state index contributed by atoms with van der Waals surface area (Å²) in [6, 6.07) is 8.33. The number of alkyl halides is 2. The van der Waals surface area contributed by atoms with Crippen molar-refractivity contribution in [2.45, 2.75) is 62.8 Å². The number of carbonyl (C=O) groups is 1. The Hall–Kier alpha value is -3.21. The third kappa shape index (κ3) is 5.27. The molecule has 1 amide bonds. The largest absolute Gasteiger partial charge is 0.371 e. The zero-order valence-electron chi connectivity index (χ0n) is 22.9. The van der Waals surface area contributed by atoms with Crippen LogP contribution in [0.2, 0.25) is 0 Å². The maximum Gasteiger partial charge on any atom is 0.257 e. The summed E-state index contributed by atoms with van der Waals surface area (Å²) >= 11 is 0. The fourth-order valence-corrected chi connectivity index (χ4v) is 6.65. The Morgan fingerprint density at radius 1 is 0.950 bits per heavy atom. The monoisotopic (exact) mass is 571 g/mol. The number of nitrogens with zero attached hydrogens (tertiary/aromatic N) is 4. The third-order valence-corrected chi connectivity index (χ3v) is 9.93. The number of hydrogen-bond acceptors (Lipinski definition) is 6. The normalized spacial score (nSPS) is 20.2. The first-order valence-corrected chi connectivity index (χ1v) is 15.9. The Bertz CT molecular complexity index is 1560. The zero-order valence-corrected chi connectivity index (χ0v) is 23.7. The van der Waals surface area contributed by atoms with Crippen LogP contribution in [0.25, 0.3) is 10.9 Å². The first kappa shape index (κ1) is 27.0. The van der Waals surface area contributed by atoms with E-state index >= 15 is 0 Å². The van der Waals surface area contributed by atoms with Gasteiger partial charge >= 0.3 is 0 Å². The van der Waals surface area contributed by atoms with Crippen molar-refractivity contribution in [1.82, 2.24) is 9.78 Å². The molecular formula is C29H35F2N5O3S.